The number of methoxy groups -OCH3 is 2. The standard InChI is InChI=1S/C24H30N2O5/c1-4-31-21-10-8-18(16-22(21)30-3)9-11-23(27)25-12-14-26(15-13-25)24(28)19-6-5-7-20(17-19)29-2/h5-8,10,16-17H,4,9,11-15H2,1-3H3. The van der Waals surface area contributed by atoms with E-state index in [9.17, 15) is 9.59 Å². The van der Waals surface area contributed by atoms with Gasteiger partial charge in [0.05, 0.1) is 20.8 Å². The zero-order valence-electron chi connectivity index (χ0n) is 18.4. The third-order valence-corrected chi connectivity index (χ3v) is 5.39. The number of rotatable bonds is 8. The van der Waals surface area contributed by atoms with Gasteiger partial charge >= 0.3 is 0 Å². The highest BCUT2D eigenvalue weighted by atomic mass is 16.5. The minimum absolute atomic E-state index is 0.0347. The van der Waals surface area contributed by atoms with Crippen LogP contribution in [0.1, 0.15) is 29.3 Å². The van der Waals surface area contributed by atoms with Gasteiger partial charge in [-0.2, -0.15) is 0 Å². The molecule has 0 aromatic heterocycles. The molecule has 0 bridgehead atoms. The van der Waals surface area contributed by atoms with Crippen molar-refractivity contribution in [3.8, 4) is 17.2 Å². The van der Waals surface area contributed by atoms with Crippen LogP contribution in [0.2, 0.25) is 0 Å². The van der Waals surface area contributed by atoms with Crippen molar-refractivity contribution in [3.63, 3.8) is 0 Å². The number of hydrogen-bond acceptors (Lipinski definition) is 5. The summed E-state index contributed by atoms with van der Waals surface area (Å²) in [6.45, 7) is 4.64. The fourth-order valence-electron chi connectivity index (χ4n) is 3.65. The zero-order chi connectivity index (χ0) is 22.2. The summed E-state index contributed by atoms with van der Waals surface area (Å²) in [4.78, 5) is 29.0. The van der Waals surface area contributed by atoms with Gasteiger partial charge in [0, 0.05) is 38.2 Å². The van der Waals surface area contributed by atoms with Crippen molar-refractivity contribution >= 4 is 11.8 Å². The Hall–Kier alpha value is -3.22. The number of carbonyl (C=O) groups excluding carboxylic acids is 2. The highest BCUT2D eigenvalue weighted by Gasteiger charge is 2.25. The molecule has 166 valence electrons. The number of piperazine rings is 1. The van der Waals surface area contributed by atoms with Gasteiger partial charge in [0.2, 0.25) is 5.91 Å². The van der Waals surface area contributed by atoms with Crippen LogP contribution in [-0.2, 0) is 11.2 Å². The Balaban J connectivity index is 1.50. The van der Waals surface area contributed by atoms with Gasteiger partial charge in [-0.3, -0.25) is 9.59 Å². The predicted molar refractivity (Wildman–Crippen MR) is 118 cm³/mol. The number of carbonyl (C=O) groups is 2. The molecule has 0 spiro atoms. The van der Waals surface area contributed by atoms with Crippen LogP contribution in [0.3, 0.4) is 0 Å². The fourth-order valence-corrected chi connectivity index (χ4v) is 3.65. The van der Waals surface area contributed by atoms with Crippen molar-refractivity contribution in [1.29, 1.82) is 0 Å². The Morgan fingerprint density at radius 3 is 2.32 bits per heavy atom. The normalized spacial score (nSPS) is 13.6. The molecule has 31 heavy (non-hydrogen) atoms. The quantitative estimate of drug-likeness (QED) is 0.649. The number of ether oxygens (including phenoxy) is 3. The summed E-state index contributed by atoms with van der Waals surface area (Å²) >= 11 is 0. The lowest BCUT2D eigenvalue weighted by Crippen LogP contribution is -2.50. The predicted octanol–water partition coefficient (Wildman–Crippen LogP) is 3.02. The van der Waals surface area contributed by atoms with Crippen molar-refractivity contribution in [2.45, 2.75) is 19.8 Å². The van der Waals surface area contributed by atoms with E-state index in [1.54, 1.807) is 31.3 Å². The van der Waals surface area contributed by atoms with Crippen molar-refractivity contribution in [2.75, 3.05) is 47.0 Å². The maximum Gasteiger partial charge on any atom is 0.254 e. The lowest BCUT2D eigenvalue weighted by Gasteiger charge is -2.35. The molecule has 0 atom stereocenters. The van der Waals surface area contributed by atoms with E-state index in [2.05, 4.69) is 0 Å². The van der Waals surface area contributed by atoms with E-state index in [-0.39, 0.29) is 11.8 Å². The van der Waals surface area contributed by atoms with Gasteiger partial charge in [-0.1, -0.05) is 12.1 Å². The summed E-state index contributed by atoms with van der Waals surface area (Å²) in [6.07, 6.45) is 1.05. The molecule has 3 rings (SSSR count). The Bertz CT molecular complexity index is 907. The van der Waals surface area contributed by atoms with Crippen LogP contribution < -0.4 is 14.2 Å². The average molecular weight is 427 g/mol. The second kappa shape index (κ2) is 10.7. The zero-order valence-corrected chi connectivity index (χ0v) is 18.4. The van der Waals surface area contributed by atoms with Crippen LogP contribution in [0.5, 0.6) is 17.2 Å². The van der Waals surface area contributed by atoms with Crippen LogP contribution in [-0.4, -0.2) is 68.6 Å². The number of amides is 2. The molecule has 0 aliphatic carbocycles. The smallest absolute Gasteiger partial charge is 0.254 e. The van der Waals surface area contributed by atoms with Gasteiger partial charge in [-0.25, -0.2) is 0 Å². The van der Waals surface area contributed by atoms with Crippen LogP contribution >= 0.6 is 0 Å². The summed E-state index contributed by atoms with van der Waals surface area (Å²) in [5, 5.41) is 0. The Morgan fingerprint density at radius 1 is 0.903 bits per heavy atom. The number of hydrogen-bond donors (Lipinski definition) is 0. The first-order valence-corrected chi connectivity index (χ1v) is 10.6. The van der Waals surface area contributed by atoms with E-state index >= 15 is 0 Å². The molecular formula is C24H30N2O5. The van der Waals surface area contributed by atoms with Crippen molar-refractivity contribution in [3.05, 3.63) is 53.6 Å². The second-order valence-electron chi connectivity index (χ2n) is 7.32. The number of nitrogens with zero attached hydrogens (tertiary/aromatic N) is 2. The minimum Gasteiger partial charge on any atom is -0.497 e. The molecule has 0 saturated carbocycles. The summed E-state index contributed by atoms with van der Waals surface area (Å²) in [5.41, 5.74) is 1.63. The van der Waals surface area contributed by atoms with Crippen LogP contribution in [0, 0.1) is 0 Å². The van der Waals surface area contributed by atoms with Gasteiger partial charge in [0.1, 0.15) is 5.75 Å². The Labute approximate surface area is 183 Å². The molecule has 1 aliphatic heterocycles. The minimum atomic E-state index is -0.0347. The number of aryl methyl sites for hydroxylation is 1. The molecule has 1 saturated heterocycles. The average Bonchev–Trinajstić information content (AvgIpc) is 2.83. The second-order valence-corrected chi connectivity index (χ2v) is 7.32. The molecule has 2 aromatic rings. The maximum absolute atomic E-state index is 12.7. The monoisotopic (exact) mass is 426 g/mol. The van der Waals surface area contributed by atoms with E-state index < -0.39 is 0 Å². The molecule has 0 N–H and O–H groups in total. The summed E-state index contributed by atoms with van der Waals surface area (Å²) in [7, 11) is 3.19. The van der Waals surface area contributed by atoms with E-state index in [0.717, 1.165) is 5.56 Å². The van der Waals surface area contributed by atoms with Gasteiger partial charge < -0.3 is 24.0 Å². The SMILES string of the molecule is CCOc1ccc(CCC(=O)N2CCN(C(=O)c3cccc(OC)c3)CC2)cc1OC. The largest absolute Gasteiger partial charge is 0.497 e. The molecule has 0 radical (unpaired) electrons. The van der Waals surface area contributed by atoms with Crippen molar-refractivity contribution in [1.82, 2.24) is 9.80 Å². The number of benzene rings is 2. The molecular weight excluding hydrogens is 396 g/mol. The van der Waals surface area contributed by atoms with Gasteiger partial charge in [0.15, 0.2) is 11.5 Å². The maximum atomic E-state index is 12.7. The first-order chi connectivity index (χ1) is 15.0. The van der Waals surface area contributed by atoms with E-state index in [4.69, 9.17) is 14.2 Å². The fraction of sp³-hybridized carbons (Fsp3) is 0.417. The van der Waals surface area contributed by atoms with Crippen molar-refractivity contribution in [2.24, 2.45) is 0 Å². The van der Waals surface area contributed by atoms with Crippen molar-refractivity contribution < 1.29 is 23.8 Å². The topological polar surface area (TPSA) is 68.3 Å². The molecule has 1 heterocycles. The lowest BCUT2D eigenvalue weighted by atomic mass is 10.1. The van der Waals surface area contributed by atoms with Crippen LogP contribution in [0.25, 0.3) is 0 Å². The van der Waals surface area contributed by atoms with E-state index in [0.29, 0.717) is 68.4 Å². The first-order valence-electron chi connectivity index (χ1n) is 10.6. The first kappa shape index (κ1) is 22.5. The molecule has 1 fully saturated rings. The molecule has 0 unspecified atom stereocenters. The molecule has 1 aliphatic rings. The van der Waals surface area contributed by atoms with Gasteiger partial charge in [-0.05, 0) is 49.2 Å². The molecule has 2 aromatic carbocycles. The highest BCUT2D eigenvalue weighted by Crippen LogP contribution is 2.28. The van der Waals surface area contributed by atoms with E-state index in [1.165, 1.54) is 0 Å². The Morgan fingerprint density at radius 2 is 1.65 bits per heavy atom. The summed E-state index contributed by atoms with van der Waals surface area (Å²) in [5.74, 6) is 2.10. The third kappa shape index (κ3) is 5.69. The van der Waals surface area contributed by atoms with Gasteiger partial charge in [0.25, 0.3) is 5.91 Å². The lowest BCUT2D eigenvalue weighted by molar-refractivity contribution is -0.132. The summed E-state index contributed by atoms with van der Waals surface area (Å²) in [6, 6.07) is 12.9. The van der Waals surface area contributed by atoms with Crippen LogP contribution in [0.4, 0.5) is 0 Å². The van der Waals surface area contributed by atoms with Gasteiger partial charge in [-0.15, -0.1) is 0 Å². The highest BCUT2D eigenvalue weighted by molar-refractivity contribution is 5.94. The molecule has 7 nitrogen and oxygen atoms in total. The summed E-state index contributed by atoms with van der Waals surface area (Å²) < 4.78 is 16.1. The molecule has 2 amide bonds. The third-order valence-electron chi connectivity index (χ3n) is 5.39. The van der Waals surface area contributed by atoms with Crippen LogP contribution in [0.15, 0.2) is 42.5 Å². The molecule has 7 heteroatoms. The Kier molecular flexibility index (Phi) is 7.76. The van der Waals surface area contributed by atoms with E-state index in [1.807, 2.05) is 42.2 Å².